The quantitative estimate of drug-likeness (QED) is 0.542. The van der Waals surface area contributed by atoms with Gasteiger partial charge in [-0.2, -0.15) is 0 Å². The average Bonchev–Trinajstić information content (AvgIpc) is 2.54. The third kappa shape index (κ3) is 5.20. The number of Topliss-reactive ketones (excluding diaryl/α,β-unsaturated/α-hetero) is 1. The molecule has 1 aliphatic rings. The fraction of sp³-hybridized carbons (Fsp3) is 0.400. The third-order valence-electron chi connectivity index (χ3n) is 3.74. The van der Waals surface area contributed by atoms with Gasteiger partial charge in [-0.1, -0.05) is 17.7 Å². The summed E-state index contributed by atoms with van der Waals surface area (Å²) in [5, 5.41) is 0.599. The van der Waals surface area contributed by atoms with Crippen LogP contribution in [0.25, 0.3) is 0 Å². The number of carbonyl (C=O) groups excluding carboxylic acids is 2. The van der Waals surface area contributed by atoms with Crippen molar-refractivity contribution in [1.29, 1.82) is 0 Å². The van der Waals surface area contributed by atoms with E-state index in [2.05, 4.69) is 0 Å². The van der Waals surface area contributed by atoms with Crippen LogP contribution in [0.15, 0.2) is 48.3 Å². The zero-order valence-electron chi connectivity index (χ0n) is 14.9. The molecular weight excluding hydrogens is 340 g/mol. The number of allylic oxidation sites excluding steroid dienone is 3. The van der Waals surface area contributed by atoms with Gasteiger partial charge in [0.05, 0.1) is 6.10 Å². The molecule has 0 heterocycles. The molecule has 0 saturated carbocycles. The summed E-state index contributed by atoms with van der Waals surface area (Å²) < 4.78 is 11.0. The Morgan fingerprint density at radius 3 is 2.36 bits per heavy atom. The third-order valence-corrected chi connectivity index (χ3v) is 3.99. The van der Waals surface area contributed by atoms with Crippen LogP contribution < -0.4 is 0 Å². The van der Waals surface area contributed by atoms with Crippen LogP contribution in [0.2, 0.25) is 5.02 Å². The highest BCUT2D eigenvalue weighted by molar-refractivity contribution is 6.30. The minimum atomic E-state index is -1.09. The maximum Gasteiger partial charge on any atom is 0.350 e. The molecule has 1 aliphatic carbocycles. The Morgan fingerprint density at radius 1 is 1.20 bits per heavy atom. The Labute approximate surface area is 153 Å². The van der Waals surface area contributed by atoms with Crippen LogP contribution in [0.4, 0.5) is 0 Å². The smallest absolute Gasteiger partial charge is 0.350 e. The number of ketones is 1. The van der Waals surface area contributed by atoms with Crippen LogP contribution in [-0.4, -0.2) is 23.5 Å². The van der Waals surface area contributed by atoms with Gasteiger partial charge in [0, 0.05) is 16.5 Å². The van der Waals surface area contributed by atoms with Gasteiger partial charge in [0.15, 0.2) is 11.4 Å². The van der Waals surface area contributed by atoms with E-state index < -0.39 is 11.6 Å². The second-order valence-electron chi connectivity index (χ2n) is 6.75. The molecule has 0 spiro atoms. The van der Waals surface area contributed by atoms with Crippen molar-refractivity contribution in [2.24, 2.45) is 5.92 Å². The van der Waals surface area contributed by atoms with E-state index in [9.17, 15) is 9.59 Å². The van der Waals surface area contributed by atoms with Crippen molar-refractivity contribution >= 4 is 23.4 Å². The first-order valence-electron chi connectivity index (χ1n) is 8.27. The van der Waals surface area contributed by atoms with Gasteiger partial charge in [-0.15, -0.1) is 0 Å². The van der Waals surface area contributed by atoms with E-state index >= 15 is 0 Å². The molecule has 0 amide bonds. The number of rotatable bonds is 6. The number of esters is 1. The zero-order valence-corrected chi connectivity index (χ0v) is 15.7. The maximum absolute atomic E-state index is 12.5. The van der Waals surface area contributed by atoms with Gasteiger partial charge in [-0.25, -0.2) is 4.79 Å². The van der Waals surface area contributed by atoms with Crippen LogP contribution in [-0.2, 0) is 14.3 Å². The highest BCUT2D eigenvalue weighted by Crippen LogP contribution is 2.26. The molecule has 0 saturated heterocycles. The van der Waals surface area contributed by atoms with E-state index in [1.807, 2.05) is 6.08 Å². The predicted octanol–water partition coefficient (Wildman–Crippen LogP) is 4.73. The fourth-order valence-corrected chi connectivity index (χ4v) is 2.52. The molecule has 4 nitrogen and oxygen atoms in total. The zero-order chi connectivity index (χ0) is 18.6. The monoisotopic (exact) mass is 362 g/mol. The van der Waals surface area contributed by atoms with Crippen LogP contribution >= 0.6 is 11.6 Å². The second-order valence-corrected chi connectivity index (χ2v) is 7.18. The van der Waals surface area contributed by atoms with Crippen LogP contribution in [0, 0.1) is 5.92 Å². The van der Waals surface area contributed by atoms with E-state index in [0.717, 1.165) is 0 Å². The number of hydrogen-bond donors (Lipinski definition) is 0. The summed E-state index contributed by atoms with van der Waals surface area (Å²) in [7, 11) is 0. The van der Waals surface area contributed by atoms with E-state index in [1.54, 1.807) is 64.1 Å². The molecule has 134 valence electrons. The van der Waals surface area contributed by atoms with Crippen LogP contribution in [0.3, 0.4) is 0 Å². The molecule has 0 fully saturated rings. The number of hydrogen-bond acceptors (Lipinski definition) is 4. The molecule has 1 unspecified atom stereocenters. The lowest BCUT2D eigenvalue weighted by molar-refractivity contribution is -0.167. The Morgan fingerprint density at radius 2 is 1.84 bits per heavy atom. The van der Waals surface area contributed by atoms with Gasteiger partial charge in [-0.05, 0) is 70.5 Å². The Balaban J connectivity index is 1.98. The number of halogens is 1. The first-order valence-corrected chi connectivity index (χ1v) is 8.65. The summed E-state index contributed by atoms with van der Waals surface area (Å²) in [6, 6.07) is 6.85. The number of benzene rings is 1. The summed E-state index contributed by atoms with van der Waals surface area (Å²) in [5.74, 6) is -0.0806. The molecule has 1 atom stereocenters. The van der Waals surface area contributed by atoms with Crippen molar-refractivity contribution in [2.45, 2.75) is 45.8 Å². The van der Waals surface area contributed by atoms with E-state index in [0.29, 0.717) is 22.8 Å². The fourth-order valence-electron chi connectivity index (χ4n) is 2.39. The minimum absolute atomic E-state index is 0.0293. The van der Waals surface area contributed by atoms with Crippen LogP contribution in [0.1, 0.15) is 44.5 Å². The van der Waals surface area contributed by atoms with Gasteiger partial charge in [0.2, 0.25) is 0 Å². The molecule has 0 radical (unpaired) electrons. The highest BCUT2D eigenvalue weighted by atomic mass is 35.5. The summed E-state index contributed by atoms with van der Waals surface area (Å²) in [6.07, 6.45) is 5.67. The summed E-state index contributed by atoms with van der Waals surface area (Å²) in [4.78, 5) is 24.6. The van der Waals surface area contributed by atoms with Crippen molar-refractivity contribution in [1.82, 2.24) is 0 Å². The van der Waals surface area contributed by atoms with E-state index in [1.165, 1.54) is 0 Å². The first-order chi connectivity index (χ1) is 11.7. The largest absolute Gasteiger partial charge is 0.477 e. The summed E-state index contributed by atoms with van der Waals surface area (Å²) in [5.41, 5.74) is -0.467. The normalized spacial score (nSPS) is 17.2. The average molecular weight is 363 g/mol. The maximum atomic E-state index is 12.5. The lowest BCUT2D eigenvalue weighted by Gasteiger charge is -2.27. The van der Waals surface area contributed by atoms with Gasteiger partial charge in [0.25, 0.3) is 0 Å². The van der Waals surface area contributed by atoms with Crippen molar-refractivity contribution in [3.8, 4) is 0 Å². The minimum Gasteiger partial charge on any atom is -0.477 e. The molecule has 1 aromatic carbocycles. The molecule has 25 heavy (non-hydrogen) atoms. The summed E-state index contributed by atoms with van der Waals surface area (Å²) in [6.45, 7) is 6.91. The SMILES string of the molecule is CC(C)OC(=O)C(C)(C)OC1=CCC(C(=O)c2ccc(Cl)cc2)C=C1. The Hall–Kier alpha value is -2.07. The van der Waals surface area contributed by atoms with Gasteiger partial charge in [0.1, 0.15) is 5.76 Å². The van der Waals surface area contributed by atoms with Crippen molar-refractivity contribution in [2.75, 3.05) is 0 Å². The lowest BCUT2D eigenvalue weighted by atomic mass is 9.91. The first kappa shape index (κ1) is 19.3. The second kappa shape index (κ2) is 7.87. The molecule has 0 aromatic heterocycles. The number of carbonyl (C=O) groups is 2. The van der Waals surface area contributed by atoms with Gasteiger partial charge < -0.3 is 9.47 Å². The molecule has 2 rings (SSSR count). The number of ether oxygens (including phenoxy) is 2. The van der Waals surface area contributed by atoms with E-state index in [4.69, 9.17) is 21.1 Å². The van der Waals surface area contributed by atoms with E-state index in [-0.39, 0.29) is 17.8 Å². The topological polar surface area (TPSA) is 52.6 Å². The van der Waals surface area contributed by atoms with Crippen LogP contribution in [0.5, 0.6) is 0 Å². The molecule has 0 N–H and O–H groups in total. The highest BCUT2D eigenvalue weighted by Gasteiger charge is 2.33. The molecule has 0 aliphatic heterocycles. The van der Waals surface area contributed by atoms with Crippen molar-refractivity contribution in [3.63, 3.8) is 0 Å². The Bertz CT molecular complexity index is 699. The molecule has 5 heteroatoms. The summed E-state index contributed by atoms with van der Waals surface area (Å²) >= 11 is 5.85. The van der Waals surface area contributed by atoms with Gasteiger partial charge >= 0.3 is 5.97 Å². The van der Waals surface area contributed by atoms with Crippen molar-refractivity contribution in [3.05, 3.63) is 58.8 Å². The Kier molecular flexibility index (Phi) is 6.07. The molecule has 1 aromatic rings. The lowest BCUT2D eigenvalue weighted by Crippen LogP contribution is -2.38. The van der Waals surface area contributed by atoms with Gasteiger partial charge in [-0.3, -0.25) is 4.79 Å². The standard InChI is InChI=1S/C20H23ClO4/c1-13(2)24-19(23)20(3,4)25-17-11-7-15(8-12-17)18(22)14-5-9-16(21)10-6-14/h5-7,9-13,15H,8H2,1-4H3. The molecular formula is C20H23ClO4. The van der Waals surface area contributed by atoms with Crippen molar-refractivity contribution < 1.29 is 19.1 Å². The predicted molar refractivity (Wildman–Crippen MR) is 97.5 cm³/mol. The molecule has 0 bridgehead atoms.